The van der Waals surface area contributed by atoms with Crippen LogP contribution in [0.2, 0.25) is 0 Å². The standard InChI is InChI=1S/C17H13FN2O2S/c1-22-15-4-2-3-12(16(15)21)9-19-17-20-14(10-23-17)11-5-7-13(18)8-6-11/h2-10,21H,1H3/b19-9+. The van der Waals surface area contributed by atoms with Gasteiger partial charge in [-0.2, -0.15) is 0 Å². The number of para-hydroxylation sites is 1. The summed E-state index contributed by atoms with van der Waals surface area (Å²) >= 11 is 1.37. The number of aliphatic imine (C=N–C) groups is 1. The maximum atomic E-state index is 12.9. The second-order valence-corrected chi connectivity index (χ2v) is 5.52. The Hall–Kier alpha value is -2.73. The first-order chi connectivity index (χ1) is 11.2. The second-order valence-electron chi connectivity index (χ2n) is 4.68. The van der Waals surface area contributed by atoms with E-state index in [0.29, 0.717) is 16.4 Å². The average Bonchev–Trinajstić information content (AvgIpc) is 3.03. The molecule has 0 fully saturated rings. The summed E-state index contributed by atoms with van der Waals surface area (Å²) in [6, 6.07) is 11.3. The summed E-state index contributed by atoms with van der Waals surface area (Å²) in [6.07, 6.45) is 1.53. The topological polar surface area (TPSA) is 54.7 Å². The first kappa shape index (κ1) is 15.2. The van der Waals surface area contributed by atoms with Crippen molar-refractivity contribution in [2.24, 2.45) is 4.99 Å². The van der Waals surface area contributed by atoms with Gasteiger partial charge in [0, 0.05) is 22.7 Å². The lowest BCUT2D eigenvalue weighted by atomic mass is 10.2. The molecule has 6 heteroatoms. The molecule has 4 nitrogen and oxygen atoms in total. The molecule has 0 atom stereocenters. The molecule has 0 unspecified atom stereocenters. The zero-order valence-electron chi connectivity index (χ0n) is 12.2. The van der Waals surface area contributed by atoms with Gasteiger partial charge in [0.1, 0.15) is 5.82 Å². The van der Waals surface area contributed by atoms with Crippen LogP contribution in [-0.4, -0.2) is 23.4 Å². The molecule has 1 N–H and O–H groups in total. The molecule has 0 spiro atoms. The van der Waals surface area contributed by atoms with Crippen LogP contribution in [0.4, 0.5) is 9.52 Å². The fourth-order valence-electron chi connectivity index (χ4n) is 2.01. The lowest BCUT2D eigenvalue weighted by molar-refractivity contribution is 0.373. The molecular weight excluding hydrogens is 315 g/mol. The zero-order valence-corrected chi connectivity index (χ0v) is 13.0. The van der Waals surface area contributed by atoms with Crippen LogP contribution in [0.15, 0.2) is 52.8 Å². The molecule has 0 aliphatic heterocycles. The molecule has 0 aliphatic rings. The van der Waals surface area contributed by atoms with E-state index >= 15 is 0 Å². The van der Waals surface area contributed by atoms with E-state index in [1.807, 2.05) is 5.38 Å². The van der Waals surface area contributed by atoms with Gasteiger partial charge in [-0.25, -0.2) is 14.4 Å². The Labute approximate surface area is 136 Å². The number of benzene rings is 2. The Balaban J connectivity index is 1.83. The van der Waals surface area contributed by atoms with Crippen molar-refractivity contribution in [2.75, 3.05) is 7.11 Å². The third-order valence-corrected chi connectivity index (χ3v) is 3.94. The Morgan fingerprint density at radius 2 is 2.00 bits per heavy atom. The first-order valence-corrected chi connectivity index (χ1v) is 7.67. The van der Waals surface area contributed by atoms with Crippen molar-refractivity contribution < 1.29 is 14.2 Å². The summed E-state index contributed by atoms with van der Waals surface area (Å²) in [7, 11) is 1.49. The maximum Gasteiger partial charge on any atom is 0.209 e. The number of hydrogen-bond donors (Lipinski definition) is 1. The summed E-state index contributed by atoms with van der Waals surface area (Å²) in [6.45, 7) is 0. The highest BCUT2D eigenvalue weighted by Gasteiger charge is 2.06. The van der Waals surface area contributed by atoms with Crippen LogP contribution in [-0.2, 0) is 0 Å². The van der Waals surface area contributed by atoms with Crippen LogP contribution in [0.25, 0.3) is 11.3 Å². The summed E-state index contributed by atoms with van der Waals surface area (Å²) in [5, 5.41) is 12.4. The van der Waals surface area contributed by atoms with Gasteiger partial charge in [0.2, 0.25) is 5.13 Å². The molecule has 0 bridgehead atoms. The van der Waals surface area contributed by atoms with Gasteiger partial charge in [-0.1, -0.05) is 6.07 Å². The molecule has 0 radical (unpaired) electrons. The minimum absolute atomic E-state index is 0.0362. The van der Waals surface area contributed by atoms with Crippen molar-refractivity contribution in [2.45, 2.75) is 0 Å². The van der Waals surface area contributed by atoms with Crippen molar-refractivity contribution >= 4 is 22.7 Å². The maximum absolute atomic E-state index is 12.9. The molecule has 23 heavy (non-hydrogen) atoms. The van der Waals surface area contributed by atoms with Crippen LogP contribution in [0, 0.1) is 5.82 Å². The lowest BCUT2D eigenvalue weighted by Gasteiger charge is -2.04. The van der Waals surface area contributed by atoms with E-state index in [2.05, 4.69) is 9.98 Å². The van der Waals surface area contributed by atoms with E-state index < -0.39 is 0 Å². The normalized spacial score (nSPS) is 11.0. The smallest absolute Gasteiger partial charge is 0.209 e. The number of methoxy groups -OCH3 is 1. The molecule has 0 saturated heterocycles. The second kappa shape index (κ2) is 6.58. The third-order valence-electron chi connectivity index (χ3n) is 3.20. The molecule has 1 aromatic heterocycles. The minimum atomic E-state index is -0.282. The average molecular weight is 328 g/mol. The Morgan fingerprint density at radius 1 is 1.22 bits per heavy atom. The number of thiazole rings is 1. The highest BCUT2D eigenvalue weighted by Crippen LogP contribution is 2.30. The number of aromatic nitrogens is 1. The number of aromatic hydroxyl groups is 1. The number of halogens is 1. The van der Waals surface area contributed by atoms with Gasteiger partial charge in [0.25, 0.3) is 0 Å². The Bertz CT molecular complexity index is 844. The van der Waals surface area contributed by atoms with E-state index in [-0.39, 0.29) is 11.6 Å². The van der Waals surface area contributed by atoms with Gasteiger partial charge in [0.15, 0.2) is 11.5 Å². The van der Waals surface area contributed by atoms with Crippen LogP contribution < -0.4 is 4.74 Å². The largest absolute Gasteiger partial charge is 0.504 e. The highest BCUT2D eigenvalue weighted by atomic mass is 32.1. The monoisotopic (exact) mass is 328 g/mol. The van der Waals surface area contributed by atoms with E-state index in [0.717, 1.165) is 11.3 Å². The fraction of sp³-hybridized carbons (Fsp3) is 0.0588. The van der Waals surface area contributed by atoms with E-state index in [4.69, 9.17) is 4.74 Å². The summed E-state index contributed by atoms with van der Waals surface area (Å²) in [5.41, 5.74) is 2.10. The number of nitrogens with zero attached hydrogens (tertiary/aromatic N) is 2. The lowest BCUT2D eigenvalue weighted by Crippen LogP contribution is -1.88. The molecule has 3 aromatic rings. The first-order valence-electron chi connectivity index (χ1n) is 6.79. The van der Waals surface area contributed by atoms with Gasteiger partial charge in [-0.3, -0.25) is 0 Å². The van der Waals surface area contributed by atoms with Crippen LogP contribution in [0.5, 0.6) is 11.5 Å². The predicted octanol–water partition coefficient (Wildman–Crippen LogP) is 4.41. The molecular formula is C17H13FN2O2S. The van der Waals surface area contributed by atoms with E-state index in [1.165, 1.54) is 36.8 Å². The molecule has 0 aliphatic carbocycles. The van der Waals surface area contributed by atoms with Gasteiger partial charge in [0.05, 0.1) is 12.8 Å². The van der Waals surface area contributed by atoms with Crippen molar-refractivity contribution in [3.8, 4) is 22.8 Å². The van der Waals surface area contributed by atoms with Crippen molar-refractivity contribution in [1.29, 1.82) is 0 Å². The van der Waals surface area contributed by atoms with Crippen LogP contribution in [0.3, 0.4) is 0 Å². The third kappa shape index (κ3) is 3.37. The molecule has 3 rings (SSSR count). The quantitative estimate of drug-likeness (QED) is 0.722. The molecule has 116 valence electrons. The summed E-state index contributed by atoms with van der Waals surface area (Å²) in [4.78, 5) is 8.65. The molecule has 1 heterocycles. The predicted molar refractivity (Wildman–Crippen MR) is 89.4 cm³/mol. The minimum Gasteiger partial charge on any atom is -0.504 e. The highest BCUT2D eigenvalue weighted by molar-refractivity contribution is 7.13. The summed E-state index contributed by atoms with van der Waals surface area (Å²) in [5.74, 6) is 0.143. The molecule has 2 aromatic carbocycles. The number of hydrogen-bond acceptors (Lipinski definition) is 5. The number of phenolic OH excluding ortho intramolecular Hbond substituents is 1. The zero-order chi connectivity index (χ0) is 16.2. The Kier molecular flexibility index (Phi) is 4.34. The van der Waals surface area contributed by atoms with Crippen LogP contribution in [0.1, 0.15) is 5.56 Å². The number of ether oxygens (including phenoxy) is 1. The van der Waals surface area contributed by atoms with E-state index in [1.54, 1.807) is 30.3 Å². The molecule has 0 saturated carbocycles. The SMILES string of the molecule is COc1cccc(/C=N/c2nc(-c3ccc(F)cc3)cs2)c1O. The summed E-state index contributed by atoms with van der Waals surface area (Å²) < 4.78 is 18.0. The van der Waals surface area contributed by atoms with Crippen molar-refractivity contribution in [1.82, 2.24) is 4.98 Å². The fourth-order valence-corrected chi connectivity index (χ4v) is 2.68. The van der Waals surface area contributed by atoms with Crippen molar-refractivity contribution in [3.63, 3.8) is 0 Å². The Morgan fingerprint density at radius 3 is 2.74 bits per heavy atom. The van der Waals surface area contributed by atoms with Crippen LogP contribution >= 0.6 is 11.3 Å². The number of rotatable bonds is 4. The van der Waals surface area contributed by atoms with Gasteiger partial charge >= 0.3 is 0 Å². The van der Waals surface area contributed by atoms with Crippen molar-refractivity contribution in [3.05, 3.63) is 59.2 Å². The van der Waals surface area contributed by atoms with Gasteiger partial charge in [-0.15, -0.1) is 11.3 Å². The molecule has 0 amide bonds. The van der Waals surface area contributed by atoms with Gasteiger partial charge < -0.3 is 9.84 Å². The van der Waals surface area contributed by atoms with E-state index in [9.17, 15) is 9.50 Å². The van der Waals surface area contributed by atoms with Gasteiger partial charge in [-0.05, 0) is 36.4 Å². The number of phenols is 1.